The van der Waals surface area contributed by atoms with Gasteiger partial charge < -0.3 is 0 Å². The summed E-state index contributed by atoms with van der Waals surface area (Å²) in [6.07, 6.45) is 2.14. The first-order valence-corrected chi connectivity index (χ1v) is 8.39. The van der Waals surface area contributed by atoms with Crippen molar-refractivity contribution in [2.75, 3.05) is 6.26 Å². The summed E-state index contributed by atoms with van der Waals surface area (Å²) in [5.74, 6) is 0.925. The molecule has 0 radical (unpaired) electrons. The van der Waals surface area contributed by atoms with Crippen molar-refractivity contribution in [3.63, 3.8) is 0 Å². The molecule has 0 saturated carbocycles. The van der Waals surface area contributed by atoms with E-state index in [9.17, 15) is 0 Å². The van der Waals surface area contributed by atoms with E-state index in [1.54, 1.807) is 0 Å². The zero-order chi connectivity index (χ0) is 13.5. The van der Waals surface area contributed by atoms with E-state index in [4.69, 9.17) is 4.18 Å². The SMILES string of the molecule is Cn1nc(I)c2cc(O[S+](C)C(C)(C)C)ccc21. The van der Waals surface area contributed by atoms with Gasteiger partial charge in [-0.2, -0.15) is 5.10 Å². The number of hydrogen-bond donors (Lipinski definition) is 0. The maximum absolute atomic E-state index is 6.04. The van der Waals surface area contributed by atoms with E-state index in [1.165, 1.54) is 0 Å². The maximum Gasteiger partial charge on any atom is 0.199 e. The molecule has 0 aliphatic carbocycles. The zero-order valence-electron chi connectivity index (χ0n) is 11.3. The highest BCUT2D eigenvalue weighted by molar-refractivity contribution is 14.1. The maximum atomic E-state index is 6.04. The van der Waals surface area contributed by atoms with Crippen LogP contribution in [0.1, 0.15) is 20.8 Å². The number of aryl methyl sites for hydroxylation is 1. The van der Waals surface area contributed by atoms with Crippen LogP contribution in [-0.4, -0.2) is 20.8 Å². The van der Waals surface area contributed by atoms with Crippen LogP contribution in [0.5, 0.6) is 5.75 Å². The molecule has 2 aromatic rings. The molecule has 3 nitrogen and oxygen atoms in total. The standard InChI is InChI=1S/C13H18IN2OS/c1-13(2,3)18(5)17-9-6-7-11-10(8-9)12(14)15-16(11)4/h6-8H,1-5H3/q+1. The lowest BCUT2D eigenvalue weighted by Crippen LogP contribution is -2.31. The minimum Gasteiger partial charge on any atom is -0.286 e. The van der Waals surface area contributed by atoms with E-state index < -0.39 is 0 Å². The number of nitrogens with zero attached hydrogens (tertiary/aromatic N) is 2. The minimum atomic E-state index is -0.111. The Labute approximate surface area is 125 Å². The van der Waals surface area contributed by atoms with Crippen molar-refractivity contribution < 1.29 is 4.18 Å². The third-order valence-corrected chi connectivity index (χ3v) is 5.82. The van der Waals surface area contributed by atoms with Crippen molar-refractivity contribution in [2.45, 2.75) is 25.5 Å². The van der Waals surface area contributed by atoms with Crippen LogP contribution in [0.2, 0.25) is 0 Å². The Kier molecular flexibility index (Phi) is 3.82. The normalized spacial score (nSPS) is 13.9. The van der Waals surface area contributed by atoms with E-state index in [0.717, 1.165) is 20.4 Å². The van der Waals surface area contributed by atoms with Gasteiger partial charge in [-0.15, -0.1) is 0 Å². The molecule has 0 spiro atoms. The molecular weight excluding hydrogens is 359 g/mol. The van der Waals surface area contributed by atoms with Crippen LogP contribution in [0, 0.1) is 3.70 Å². The summed E-state index contributed by atoms with van der Waals surface area (Å²) in [5.41, 5.74) is 1.14. The molecule has 0 fully saturated rings. The van der Waals surface area contributed by atoms with E-state index >= 15 is 0 Å². The van der Waals surface area contributed by atoms with E-state index in [2.05, 4.69) is 66.8 Å². The van der Waals surface area contributed by atoms with Gasteiger partial charge in [0.05, 0.1) is 5.52 Å². The lowest BCUT2D eigenvalue weighted by atomic mass is 10.2. The summed E-state index contributed by atoms with van der Waals surface area (Å²) in [7, 11) is 1.96. The molecule has 1 atom stereocenters. The number of rotatable bonds is 2. The van der Waals surface area contributed by atoms with Gasteiger partial charge in [0.15, 0.2) is 21.7 Å². The molecular formula is C13H18IN2OS+. The molecule has 2 rings (SSSR count). The Bertz CT molecular complexity index is 574. The lowest BCUT2D eigenvalue weighted by molar-refractivity contribution is 0.595. The van der Waals surface area contributed by atoms with Gasteiger partial charge in [-0.3, -0.25) is 8.86 Å². The van der Waals surface area contributed by atoms with Crippen LogP contribution in [0.3, 0.4) is 0 Å². The molecule has 0 N–H and O–H groups in total. The van der Waals surface area contributed by atoms with Crippen molar-refractivity contribution in [1.29, 1.82) is 0 Å². The second kappa shape index (κ2) is 4.92. The summed E-state index contributed by atoms with van der Waals surface area (Å²) >= 11 is 2.15. The first kappa shape index (κ1) is 14.0. The summed E-state index contributed by atoms with van der Waals surface area (Å²) in [4.78, 5) is 0. The topological polar surface area (TPSA) is 27.1 Å². The van der Waals surface area contributed by atoms with Gasteiger partial charge in [0.2, 0.25) is 0 Å². The van der Waals surface area contributed by atoms with Crippen LogP contribution in [0.15, 0.2) is 18.2 Å². The predicted molar refractivity (Wildman–Crippen MR) is 87.1 cm³/mol. The Morgan fingerprint density at radius 3 is 2.61 bits per heavy atom. The molecule has 0 bridgehead atoms. The van der Waals surface area contributed by atoms with Gasteiger partial charge in [-0.05, 0) is 61.6 Å². The van der Waals surface area contributed by atoms with Gasteiger partial charge >= 0.3 is 0 Å². The molecule has 1 aromatic heterocycles. The molecule has 1 heterocycles. The van der Waals surface area contributed by atoms with Crippen LogP contribution < -0.4 is 4.18 Å². The smallest absolute Gasteiger partial charge is 0.199 e. The van der Waals surface area contributed by atoms with Gasteiger partial charge in [0.1, 0.15) is 9.96 Å². The van der Waals surface area contributed by atoms with Crippen molar-refractivity contribution in [1.82, 2.24) is 9.78 Å². The highest BCUT2D eigenvalue weighted by Crippen LogP contribution is 2.27. The average molecular weight is 377 g/mol. The van der Waals surface area contributed by atoms with Crippen molar-refractivity contribution >= 4 is 44.7 Å². The molecule has 18 heavy (non-hydrogen) atoms. The first-order chi connectivity index (χ1) is 8.29. The van der Waals surface area contributed by atoms with Gasteiger partial charge in [-0.25, -0.2) is 0 Å². The largest absolute Gasteiger partial charge is 0.286 e. The summed E-state index contributed by atoms with van der Waals surface area (Å²) < 4.78 is 9.12. The number of halogens is 1. The van der Waals surface area contributed by atoms with Gasteiger partial charge in [0.25, 0.3) is 0 Å². The zero-order valence-corrected chi connectivity index (χ0v) is 14.3. The summed E-state index contributed by atoms with van der Waals surface area (Å²) in [6, 6.07) is 6.17. The Morgan fingerprint density at radius 2 is 2.00 bits per heavy atom. The summed E-state index contributed by atoms with van der Waals surface area (Å²) in [6.45, 7) is 6.59. The second-order valence-corrected chi connectivity index (χ2v) is 8.56. The third-order valence-electron chi connectivity index (χ3n) is 2.86. The number of benzene rings is 1. The first-order valence-electron chi connectivity index (χ1n) is 5.75. The molecule has 0 aliphatic rings. The molecule has 1 aromatic carbocycles. The number of hydrogen-bond acceptors (Lipinski definition) is 2. The van der Waals surface area contributed by atoms with E-state index in [-0.39, 0.29) is 15.9 Å². The molecule has 1 unspecified atom stereocenters. The van der Waals surface area contributed by atoms with E-state index in [0.29, 0.717) is 0 Å². The molecule has 0 amide bonds. The van der Waals surface area contributed by atoms with Crippen molar-refractivity contribution in [3.8, 4) is 5.75 Å². The van der Waals surface area contributed by atoms with Crippen LogP contribution in [0.25, 0.3) is 10.9 Å². The molecule has 0 aliphatic heterocycles. The molecule has 0 saturated heterocycles. The van der Waals surface area contributed by atoms with Gasteiger partial charge in [0, 0.05) is 12.4 Å². The van der Waals surface area contributed by atoms with Crippen LogP contribution in [-0.2, 0) is 18.2 Å². The minimum absolute atomic E-state index is 0.111. The fourth-order valence-electron chi connectivity index (χ4n) is 1.52. The number of aromatic nitrogens is 2. The lowest BCUT2D eigenvalue weighted by Gasteiger charge is -2.15. The number of fused-ring (bicyclic) bond motifs is 1. The van der Waals surface area contributed by atoms with Gasteiger partial charge in [-0.1, -0.05) is 0 Å². The van der Waals surface area contributed by atoms with Crippen LogP contribution in [0.4, 0.5) is 0 Å². The second-order valence-electron chi connectivity index (χ2n) is 5.24. The fourth-order valence-corrected chi connectivity index (χ4v) is 2.92. The molecule has 5 heteroatoms. The highest BCUT2D eigenvalue weighted by atomic mass is 127. The Hall–Kier alpha value is -0.430. The van der Waals surface area contributed by atoms with Crippen LogP contribution >= 0.6 is 22.6 Å². The summed E-state index contributed by atoms with van der Waals surface area (Å²) in [5, 5.41) is 5.56. The predicted octanol–water partition coefficient (Wildman–Crippen LogP) is 3.52. The fraction of sp³-hybridized carbons (Fsp3) is 0.462. The van der Waals surface area contributed by atoms with Crippen molar-refractivity contribution in [3.05, 3.63) is 21.9 Å². The Morgan fingerprint density at radius 1 is 1.33 bits per heavy atom. The monoisotopic (exact) mass is 377 g/mol. The molecule has 98 valence electrons. The van der Waals surface area contributed by atoms with E-state index in [1.807, 2.05) is 17.8 Å². The quantitative estimate of drug-likeness (QED) is 0.592. The third kappa shape index (κ3) is 2.77. The highest BCUT2D eigenvalue weighted by Gasteiger charge is 2.33. The Balaban J connectivity index is 2.33. The average Bonchev–Trinajstić information content (AvgIpc) is 2.53. The van der Waals surface area contributed by atoms with Crippen molar-refractivity contribution in [2.24, 2.45) is 7.05 Å².